The zero-order valence-corrected chi connectivity index (χ0v) is 12.9. The van der Waals surface area contributed by atoms with E-state index in [0.29, 0.717) is 11.3 Å². The number of aromatic hydroxyl groups is 1. The van der Waals surface area contributed by atoms with Crippen molar-refractivity contribution in [3.8, 4) is 23.0 Å². The summed E-state index contributed by atoms with van der Waals surface area (Å²) >= 11 is 5.07. The van der Waals surface area contributed by atoms with E-state index in [1.807, 2.05) is 6.07 Å². The number of halogens is 2. The Morgan fingerprint density at radius 2 is 2.22 bits per heavy atom. The second-order valence-corrected chi connectivity index (χ2v) is 5.39. The smallest absolute Gasteiger partial charge is 0.268 e. The van der Waals surface area contributed by atoms with E-state index in [0.717, 1.165) is 4.47 Å². The fraction of sp³-hybridized carbons (Fsp3) is 0.0909. The Hall–Kier alpha value is -1.09. The molecule has 2 aromatic rings. The van der Waals surface area contributed by atoms with Crippen molar-refractivity contribution in [2.24, 2.45) is 0 Å². The van der Waals surface area contributed by atoms with Crippen LogP contribution in [0, 0.1) is 3.57 Å². The van der Waals surface area contributed by atoms with Gasteiger partial charge in [-0.1, -0.05) is 15.9 Å². The van der Waals surface area contributed by atoms with E-state index in [1.54, 1.807) is 34.7 Å². The van der Waals surface area contributed by atoms with Gasteiger partial charge in [-0.05, 0) is 40.8 Å². The molecule has 94 valence electrons. The van der Waals surface area contributed by atoms with Crippen LogP contribution in [0.1, 0.15) is 0 Å². The fourth-order valence-corrected chi connectivity index (χ4v) is 2.06. The summed E-state index contributed by atoms with van der Waals surface area (Å²) in [7, 11) is 1.53. The molecule has 1 aromatic carbocycles. The molecule has 2 N–H and O–H groups in total. The van der Waals surface area contributed by atoms with Gasteiger partial charge in [-0.15, -0.1) is 0 Å². The van der Waals surface area contributed by atoms with Gasteiger partial charge in [0.15, 0.2) is 0 Å². The molecule has 18 heavy (non-hydrogen) atoms. The van der Waals surface area contributed by atoms with Gasteiger partial charge in [0, 0.05) is 4.47 Å². The number of ether oxygens (including phenoxy) is 1. The van der Waals surface area contributed by atoms with Crippen LogP contribution in [-0.2, 0) is 0 Å². The summed E-state index contributed by atoms with van der Waals surface area (Å²) in [5, 5.41) is 9.58. The summed E-state index contributed by atoms with van der Waals surface area (Å²) in [4.78, 5) is 18.1. The zero-order valence-electron chi connectivity index (χ0n) is 9.20. The van der Waals surface area contributed by atoms with Crippen LogP contribution >= 0.6 is 38.5 Å². The van der Waals surface area contributed by atoms with Gasteiger partial charge in [-0.2, -0.15) is 4.98 Å². The van der Waals surface area contributed by atoms with Crippen molar-refractivity contribution in [2.45, 2.75) is 0 Å². The van der Waals surface area contributed by atoms with E-state index >= 15 is 0 Å². The number of methoxy groups -OCH3 is 1. The first-order valence-electron chi connectivity index (χ1n) is 4.85. The molecule has 0 aliphatic heterocycles. The molecule has 0 saturated carbocycles. The molecule has 1 heterocycles. The summed E-state index contributed by atoms with van der Waals surface area (Å²) in [5.74, 6) is 0.523. The highest BCUT2D eigenvalue weighted by Gasteiger charge is 2.13. The molecule has 1 aromatic heterocycles. The highest BCUT2D eigenvalue weighted by atomic mass is 127. The van der Waals surface area contributed by atoms with Crippen molar-refractivity contribution in [3.05, 3.63) is 36.6 Å². The summed E-state index contributed by atoms with van der Waals surface area (Å²) in [6.45, 7) is 0. The molecule has 0 unspecified atom stereocenters. The Morgan fingerprint density at radius 3 is 2.83 bits per heavy atom. The van der Waals surface area contributed by atoms with Crippen molar-refractivity contribution in [1.82, 2.24) is 9.97 Å². The van der Waals surface area contributed by atoms with Crippen molar-refractivity contribution in [3.63, 3.8) is 0 Å². The first kappa shape index (κ1) is 13.3. The minimum Gasteiger partial charge on any atom is -0.496 e. The average Bonchev–Trinajstić information content (AvgIpc) is 2.35. The molecule has 0 bridgehead atoms. The maximum absolute atomic E-state index is 11.6. The Labute approximate surface area is 124 Å². The minimum absolute atomic E-state index is 0.158. The number of H-pyrrole nitrogens is 1. The first-order valence-corrected chi connectivity index (χ1v) is 6.73. The summed E-state index contributed by atoms with van der Waals surface area (Å²) in [6, 6.07) is 5.31. The van der Waals surface area contributed by atoms with Gasteiger partial charge in [0.1, 0.15) is 15.1 Å². The zero-order chi connectivity index (χ0) is 13.3. The van der Waals surface area contributed by atoms with Gasteiger partial charge in [-0.3, -0.25) is 4.79 Å². The lowest BCUT2D eigenvalue weighted by atomic mass is 10.2. The number of rotatable bonds is 2. The maximum atomic E-state index is 11.6. The number of nitrogens with zero attached hydrogens (tertiary/aromatic N) is 1. The molecule has 5 nitrogen and oxygen atoms in total. The number of aromatic amines is 1. The molecule has 0 spiro atoms. The lowest BCUT2D eigenvalue weighted by molar-refractivity contribution is 0.415. The number of hydrogen-bond acceptors (Lipinski definition) is 4. The van der Waals surface area contributed by atoms with Gasteiger partial charge >= 0.3 is 0 Å². The molecule has 0 aliphatic rings. The Morgan fingerprint density at radius 1 is 1.50 bits per heavy atom. The molecular formula is C11H8BrIN2O3. The van der Waals surface area contributed by atoms with E-state index in [9.17, 15) is 9.90 Å². The third-order valence-corrected chi connectivity index (χ3v) is 3.73. The third kappa shape index (κ3) is 2.51. The standard InChI is InChI=1S/C11H8BrIN2O3/c1-18-7-3-2-5(12)4-6(7)9-14-10(16)8(13)11(17)15-9/h2-4H,1H3,(H2,14,15,16,17). The molecule has 0 radical (unpaired) electrons. The summed E-state index contributed by atoms with van der Waals surface area (Å²) in [5.41, 5.74) is 0.204. The van der Waals surface area contributed by atoms with Gasteiger partial charge in [0.2, 0.25) is 5.88 Å². The van der Waals surface area contributed by atoms with Crippen LogP contribution in [0.15, 0.2) is 27.5 Å². The predicted molar refractivity (Wildman–Crippen MR) is 78.9 cm³/mol. The highest BCUT2D eigenvalue weighted by molar-refractivity contribution is 14.1. The van der Waals surface area contributed by atoms with Gasteiger partial charge in [0.25, 0.3) is 5.56 Å². The second-order valence-electron chi connectivity index (χ2n) is 3.40. The van der Waals surface area contributed by atoms with Crippen LogP contribution < -0.4 is 10.3 Å². The molecular weight excluding hydrogens is 415 g/mol. The number of hydrogen-bond donors (Lipinski definition) is 2. The molecule has 0 fully saturated rings. The lowest BCUT2D eigenvalue weighted by Crippen LogP contribution is -2.12. The quantitative estimate of drug-likeness (QED) is 0.729. The molecule has 0 atom stereocenters. The molecule has 0 aliphatic carbocycles. The van der Waals surface area contributed by atoms with Crippen LogP contribution in [0.25, 0.3) is 11.4 Å². The van der Waals surface area contributed by atoms with Crippen LogP contribution in [-0.4, -0.2) is 22.2 Å². The Balaban J connectivity index is 2.69. The van der Waals surface area contributed by atoms with Crippen molar-refractivity contribution < 1.29 is 9.84 Å². The van der Waals surface area contributed by atoms with E-state index in [4.69, 9.17) is 4.74 Å². The average molecular weight is 423 g/mol. The van der Waals surface area contributed by atoms with Crippen LogP contribution in [0.4, 0.5) is 0 Å². The topological polar surface area (TPSA) is 75.2 Å². The molecule has 2 rings (SSSR count). The normalized spacial score (nSPS) is 10.4. The van der Waals surface area contributed by atoms with Crippen LogP contribution in [0.5, 0.6) is 11.6 Å². The molecule has 0 saturated heterocycles. The van der Waals surface area contributed by atoms with Gasteiger partial charge in [0.05, 0.1) is 12.7 Å². The molecule has 7 heteroatoms. The first-order chi connectivity index (χ1) is 8.52. The van der Waals surface area contributed by atoms with E-state index < -0.39 is 0 Å². The SMILES string of the molecule is COc1ccc(Br)cc1-c1nc(O)c(I)c(=O)[nH]1. The molecule has 0 amide bonds. The van der Waals surface area contributed by atoms with Crippen LogP contribution in [0.3, 0.4) is 0 Å². The van der Waals surface area contributed by atoms with Crippen molar-refractivity contribution in [1.29, 1.82) is 0 Å². The highest BCUT2D eigenvalue weighted by Crippen LogP contribution is 2.30. The number of benzene rings is 1. The van der Waals surface area contributed by atoms with E-state index in [1.165, 1.54) is 7.11 Å². The monoisotopic (exact) mass is 422 g/mol. The third-order valence-electron chi connectivity index (χ3n) is 2.26. The summed E-state index contributed by atoms with van der Waals surface area (Å²) in [6.07, 6.45) is 0. The van der Waals surface area contributed by atoms with E-state index in [2.05, 4.69) is 25.9 Å². The van der Waals surface area contributed by atoms with Crippen LogP contribution in [0.2, 0.25) is 0 Å². The van der Waals surface area contributed by atoms with Crippen molar-refractivity contribution >= 4 is 38.5 Å². The largest absolute Gasteiger partial charge is 0.496 e. The minimum atomic E-state index is -0.389. The Kier molecular flexibility index (Phi) is 3.91. The Bertz CT molecular complexity index is 657. The predicted octanol–water partition coefficient (Wildman–Crippen LogP) is 2.52. The maximum Gasteiger partial charge on any atom is 0.268 e. The number of nitrogens with one attached hydrogen (secondary N) is 1. The second kappa shape index (κ2) is 5.27. The number of aromatic nitrogens is 2. The van der Waals surface area contributed by atoms with Crippen molar-refractivity contribution in [2.75, 3.05) is 7.11 Å². The fourth-order valence-electron chi connectivity index (χ4n) is 1.44. The van der Waals surface area contributed by atoms with E-state index in [-0.39, 0.29) is 20.8 Å². The summed E-state index contributed by atoms with van der Waals surface area (Å²) < 4.78 is 6.17. The lowest BCUT2D eigenvalue weighted by Gasteiger charge is -2.08. The van der Waals surface area contributed by atoms with Gasteiger partial charge < -0.3 is 14.8 Å². The van der Waals surface area contributed by atoms with Gasteiger partial charge in [-0.25, -0.2) is 0 Å².